The third-order valence-corrected chi connectivity index (χ3v) is 4.56. The van der Waals surface area contributed by atoms with Crippen molar-refractivity contribution >= 4 is 11.8 Å². The third-order valence-electron chi connectivity index (χ3n) is 4.56. The van der Waals surface area contributed by atoms with Gasteiger partial charge in [-0.3, -0.25) is 0 Å². The molecule has 2 fully saturated rings. The minimum atomic E-state index is 0.262. The van der Waals surface area contributed by atoms with Gasteiger partial charge in [-0.25, -0.2) is 9.97 Å². The summed E-state index contributed by atoms with van der Waals surface area (Å²) in [4.78, 5) is 19.9. The maximum atomic E-state index is 5.19. The Morgan fingerprint density at radius 3 is 2.76 bits per heavy atom. The predicted octanol–water partition coefficient (Wildman–Crippen LogP) is 1.85. The Morgan fingerprint density at radius 2 is 2.00 bits per heavy atom. The first-order valence-corrected chi connectivity index (χ1v) is 8.56. The number of nitrogens with one attached hydrogen (secondary N) is 1. The highest BCUT2D eigenvalue weighted by Gasteiger charge is 2.28. The fraction of sp³-hybridized carbons (Fsp3) is 0.529. The van der Waals surface area contributed by atoms with Gasteiger partial charge >= 0.3 is 6.01 Å². The first-order valence-electron chi connectivity index (χ1n) is 8.56. The van der Waals surface area contributed by atoms with E-state index in [-0.39, 0.29) is 12.1 Å². The average molecular weight is 342 g/mol. The summed E-state index contributed by atoms with van der Waals surface area (Å²) >= 11 is 0. The van der Waals surface area contributed by atoms with Crippen molar-refractivity contribution in [3.8, 4) is 11.9 Å². The molecule has 0 spiro atoms. The van der Waals surface area contributed by atoms with E-state index in [9.17, 15) is 0 Å². The monoisotopic (exact) mass is 342 g/mol. The fourth-order valence-corrected chi connectivity index (χ4v) is 3.06. The number of hydrogen-bond acceptors (Lipinski definition) is 8. The summed E-state index contributed by atoms with van der Waals surface area (Å²) in [7, 11) is 3.12. The van der Waals surface area contributed by atoms with E-state index < -0.39 is 0 Å². The highest BCUT2D eigenvalue weighted by Crippen LogP contribution is 2.39. The lowest BCUT2D eigenvalue weighted by Gasteiger charge is -2.18. The first kappa shape index (κ1) is 15.9. The molecule has 1 aliphatic carbocycles. The van der Waals surface area contributed by atoms with E-state index in [0.29, 0.717) is 17.6 Å². The van der Waals surface area contributed by atoms with E-state index in [2.05, 4.69) is 25.2 Å². The van der Waals surface area contributed by atoms with Crippen molar-refractivity contribution in [1.29, 1.82) is 0 Å². The van der Waals surface area contributed by atoms with E-state index in [1.54, 1.807) is 20.3 Å². The van der Waals surface area contributed by atoms with Crippen molar-refractivity contribution in [1.82, 2.24) is 19.9 Å². The van der Waals surface area contributed by atoms with E-state index in [0.717, 1.165) is 25.5 Å². The van der Waals surface area contributed by atoms with Crippen LogP contribution in [0.2, 0.25) is 0 Å². The second-order valence-corrected chi connectivity index (χ2v) is 6.41. The number of methoxy groups -OCH3 is 2. The van der Waals surface area contributed by atoms with Gasteiger partial charge in [0.25, 0.3) is 0 Å². The molecule has 4 rings (SSSR count). The molecule has 2 aromatic heterocycles. The maximum absolute atomic E-state index is 5.19. The average Bonchev–Trinajstić information content (AvgIpc) is 3.41. The minimum absolute atomic E-state index is 0.262. The quantitative estimate of drug-likeness (QED) is 0.851. The minimum Gasteiger partial charge on any atom is -0.481 e. The normalized spacial score (nSPS) is 19.8. The van der Waals surface area contributed by atoms with E-state index in [1.807, 2.05) is 12.3 Å². The topological polar surface area (TPSA) is 85.3 Å². The molecule has 1 aliphatic heterocycles. The van der Waals surface area contributed by atoms with Crippen LogP contribution in [0.25, 0.3) is 0 Å². The molecule has 1 unspecified atom stereocenters. The Balaban J connectivity index is 1.43. The highest BCUT2D eigenvalue weighted by atomic mass is 16.5. The van der Waals surface area contributed by atoms with Crippen molar-refractivity contribution in [3.63, 3.8) is 0 Å². The largest absolute Gasteiger partial charge is 0.481 e. The molecule has 0 amide bonds. The molecule has 2 aromatic rings. The molecule has 2 aliphatic rings. The lowest BCUT2D eigenvalue weighted by molar-refractivity contribution is 0.352. The van der Waals surface area contributed by atoms with Gasteiger partial charge in [0.05, 0.1) is 14.2 Å². The summed E-state index contributed by atoms with van der Waals surface area (Å²) in [5.41, 5.74) is 1.17. The molecule has 1 saturated carbocycles. The van der Waals surface area contributed by atoms with Crippen LogP contribution in [-0.4, -0.2) is 53.3 Å². The van der Waals surface area contributed by atoms with E-state index in [4.69, 9.17) is 14.5 Å². The second-order valence-electron chi connectivity index (χ2n) is 6.41. The zero-order valence-electron chi connectivity index (χ0n) is 14.5. The Bertz CT molecular complexity index is 729. The van der Waals surface area contributed by atoms with Crippen LogP contribution in [0, 0.1) is 0 Å². The van der Waals surface area contributed by atoms with Crippen molar-refractivity contribution in [3.05, 3.63) is 24.0 Å². The number of nitrogens with zero attached hydrogens (tertiary/aromatic N) is 5. The van der Waals surface area contributed by atoms with E-state index >= 15 is 0 Å². The van der Waals surface area contributed by atoms with Crippen LogP contribution < -0.4 is 19.7 Å². The van der Waals surface area contributed by atoms with Crippen LogP contribution >= 0.6 is 0 Å². The Kier molecular flexibility index (Phi) is 4.25. The molecule has 8 nitrogen and oxygen atoms in total. The molecular weight excluding hydrogens is 320 g/mol. The molecular formula is C17H22N6O2. The zero-order valence-corrected chi connectivity index (χ0v) is 14.5. The zero-order chi connectivity index (χ0) is 17.2. The van der Waals surface area contributed by atoms with Crippen LogP contribution in [0.1, 0.15) is 30.9 Å². The van der Waals surface area contributed by atoms with E-state index in [1.165, 1.54) is 18.5 Å². The Labute approximate surface area is 146 Å². The van der Waals surface area contributed by atoms with Crippen molar-refractivity contribution in [2.24, 2.45) is 0 Å². The van der Waals surface area contributed by atoms with Gasteiger partial charge in [0.1, 0.15) is 5.82 Å². The summed E-state index contributed by atoms with van der Waals surface area (Å²) in [6, 6.07) is 4.36. The molecule has 0 radical (unpaired) electrons. The summed E-state index contributed by atoms with van der Waals surface area (Å²) in [6.45, 7) is 1.76. The number of hydrogen-bond donors (Lipinski definition) is 1. The summed E-state index contributed by atoms with van der Waals surface area (Å²) in [6.07, 6.45) is 5.36. The van der Waals surface area contributed by atoms with Crippen LogP contribution in [-0.2, 0) is 0 Å². The van der Waals surface area contributed by atoms with Crippen LogP contribution in [0.5, 0.6) is 11.9 Å². The van der Waals surface area contributed by atoms with Crippen LogP contribution in [0.15, 0.2) is 18.3 Å². The standard InChI is InChI=1S/C17H22N6O2/c1-24-15-9-14(21-17(22-15)25-2)19-12-6-8-23(10-12)16-18-7-5-13(20-16)11-3-4-11/h5,7,9,11-12H,3-4,6,8,10H2,1-2H3,(H,19,21,22). The van der Waals surface area contributed by atoms with Crippen molar-refractivity contribution < 1.29 is 9.47 Å². The molecule has 1 N–H and O–H groups in total. The molecule has 132 valence electrons. The predicted molar refractivity (Wildman–Crippen MR) is 93.4 cm³/mol. The smallest absolute Gasteiger partial charge is 0.321 e. The lowest BCUT2D eigenvalue weighted by atomic mass is 10.2. The molecule has 0 bridgehead atoms. The molecule has 8 heteroatoms. The van der Waals surface area contributed by atoms with Crippen molar-refractivity contribution in [2.45, 2.75) is 31.2 Å². The number of aromatic nitrogens is 4. The SMILES string of the molecule is COc1cc(NC2CCN(c3nccc(C4CC4)n3)C2)nc(OC)n1. The fourth-order valence-electron chi connectivity index (χ4n) is 3.06. The van der Waals surface area contributed by atoms with Gasteiger partial charge in [-0.05, 0) is 25.3 Å². The summed E-state index contributed by atoms with van der Waals surface area (Å²) in [5, 5.41) is 3.43. The van der Waals surface area contributed by atoms with Crippen LogP contribution in [0.4, 0.5) is 11.8 Å². The Hall–Kier alpha value is -2.64. The summed E-state index contributed by atoms with van der Waals surface area (Å²) < 4.78 is 10.3. The first-order chi connectivity index (χ1) is 12.2. The number of rotatable bonds is 6. The Morgan fingerprint density at radius 1 is 1.12 bits per heavy atom. The number of ether oxygens (including phenoxy) is 2. The van der Waals surface area contributed by atoms with Gasteiger partial charge in [0.15, 0.2) is 0 Å². The van der Waals surface area contributed by atoms with Gasteiger partial charge in [-0.2, -0.15) is 9.97 Å². The molecule has 1 atom stereocenters. The third kappa shape index (κ3) is 3.57. The molecule has 25 heavy (non-hydrogen) atoms. The highest BCUT2D eigenvalue weighted by molar-refractivity contribution is 5.43. The van der Waals surface area contributed by atoms with Crippen molar-refractivity contribution in [2.75, 3.05) is 37.5 Å². The van der Waals surface area contributed by atoms with Gasteiger partial charge in [-0.1, -0.05) is 0 Å². The number of anilines is 2. The van der Waals surface area contributed by atoms with Gasteiger partial charge in [0, 0.05) is 43.0 Å². The molecule has 1 saturated heterocycles. The lowest BCUT2D eigenvalue weighted by Crippen LogP contribution is -2.27. The van der Waals surface area contributed by atoms with Gasteiger partial charge in [0.2, 0.25) is 11.8 Å². The summed E-state index contributed by atoms with van der Waals surface area (Å²) in [5.74, 6) is 2.64. The molecule has 0 aromatic carbocycles. The molecule has 3 heterocycles. The second kappa shape index (κ2) is 6.70. The van der Waals surface area contributed by atoms with Crippen LogP contribution in [0.3, 0.4) is 0 Å². The van der Waals surface area contributed by atoms with Gasteiger partial charge in [-0.15, -0.1) is 0 Å². The van der Waals surface area contributed by atoms with Gasteiger partial charge < -0.3 is 19.7 Å². The maximum Gasteiger partial charge on any atom is 0.321 e.